The zero-order valence-electron chi connectivity index (χ0n) is 9.88. The summed E-state index contributed by atoms with van der Waals surface area (Å²) in [4.78, 5) is 12.0. The van der Waals surface area contributed by atoms with E-state index in [-0.39, 0.29) is 5.78 Å². The fourth-order valence-corrected chi connectivity index (χ4v) is 2.74. The van der Waals surface area contributed by atoms with Gasteiger partial charge >= 0.3 is 0 Å². The van der Waals surface area contributed by atoms with Crippen LogP contribution in [0.4, 0.5) is 0 Å². The Kier molecular flexibility index (Phi) is 3.69. The van der Waals surface area contributed by atoms with Gasteiger partial charge in [0.05, 0.1) is 17.7 Å². The van der Waals surface area contributed by atoms with Crippen molar-refractivity contribution in [2.24, 2.45) is 5.73 Å². The molecule has 0 bridgehead atoms. The molecule has 0 amide bonds. The Morgan fingerprint density at radius 3 is 2.94 bits per heavy atom. The van der Waals surface area contributed by atoms with Gasteiger partial charge in [0.15, 0.2) is 5.78 Å². The van der Waals surface area contributed by atoms with Crippen molar-refractivity contribution in [3.05, 3.63) is 27.8 Å². The molecule has 1 aromatic carbocycles. The maximum Gasteiger partial charge on any atom is 0.167 e. The van der Waals surface area contributed by atoms with E-state index in [0.717, 1.165) is 24.8 Å². The average Bonchev–Trinajstić information content (AvgIpc) is 2.77. The topological polar surface area (TPSA) is 52.3 Å². The number of hydrogen-bond acceptors (Lipinski definition) is 3. The van der Waals surface area contributed by atoms with Gasteiger partial charge in [0, 0.05) is 6.42 Å². The number of carbonyl (C=O) groups is 1. The van der Waals surface area contributed by atoms with E-state index < -0.39 is 0 Å². The summed E-state index contributed by atoms with van der Waals surface area (Å²) in [6.45, 7) is 0.344. The quantitative estimate of drug-likeness (QED) is 0.839. The monoisotopic (exact) mass is 253 g/mol. The largest absolute Gasteiger partial charge is 0.494 e. The number of Topliss-reactive ketones (excluding diaryl/α,β-unsaturated/α-hetero) is 1. The van der Waals surface area contributed by atoms with Crippen molar-refractivity contribution < 1.29 is 9.53 Å². The van der Waals surface area contributed by atoms with Crippen LogP contribution in [-0.4, -0.2) is 19.4 Å². The molecule has 0 atom stereocenters. The Morgan fingerprint density at radius 2 is 2.29 bits per heavy atom. The number of carbonyl (C=O) groups excluding carboxylic acids is 1. The zero-order chi connectivity index (χ0) is 12.4. The number of nitrogens with two attached hydrogens (primary N) is 1. The highest BCUT2D eigenvalue weighted by molar-refractivity contribution is 6.33. The minimum Gasteiger partial charge on any atom is -0.494 e. The summed E-state index contributed by atoms with van der Waals surface area (Å²) in [6, 6.07) is 1.92. The van der Waals surface area contributed by atoms with Crippen LogP contribution < -0.4 is 10.5 Å². The van der Waals surface area contributed by atoms with E-state index in [2.05, 4.69) is 0 Å². The first-order valence-corrected chi connectivity index (χ1v) is 6.18. The van der Waals surface area contributed by atoms with Crippen LogP contribution in [0.25, 0.3) is 0 Å². The molecule has 0 saturated heterocycles. The lowest BCUT2D eigenvalue weighted by molar-refractivity contribution is 0.0982. The first-order valence-electron chi connectivity index (χ1n) is 5.80. The van der Waals surface area contributed by atoms with E-state index in [1.807, 2.05) is 6.07 Å². The highest BCUT2D eigenvalue weighted by atomic mass is 35.5. The van der Waals surface area contributed by atoms with Gasteiger partial charge in [-0.15, -0.1) is 0 Å². The molecule has 17 heavy (non-hydrogen) atoms. The number of hydrogen-bond donors (Lipinski definition) is 1. The van der Waals surface area contributed by atoms with Gasteiger partial charge in [-0.1, -0.05) is 11.6 Å². The molecule has 4 heteroatoms. The molecule has 0 saturated carbocycles. The predicted molar refractivity (Wildman–Crippen MR) is 68.0 cm³/mol. The lowest BCUT2D eigenvalue weighted by atomic mass is 10.0. The maximum absolute atomic E-state index is 12.0. The Bertz CT molecular complexity index is 457. The van der Waals surface area contributed by atoms with E-state index in [1.165, 1.54) is 5.56 Å². The van der Waals surface area contributed by atoms with Gasteiger partial charge in [-0.2, -0.15) is 0 Å². The number of methoxy groups -OCH3 is 1. The summed E-state index contributed by atoms with van der Waals surface area (Å²) in [7, 11) is 1.54. The fraction of sp³-hybridized carbons (Fsp3) is 0.462. The molecule has 0 spiro atoms. The Balaban J connectivity index is 2.51. The van der Waals surface area contributed by atoms with Crippen molar-refractivity contribution in [2.45, 2.75) is 25.7 Å². The second kappa shape index (κ2) is 5.07. The minimum atomic E-state index is 0.000880. The first-order chi connectivity index (χ1) is 8.19. The Hall–Kier alpha value is -1.06. The number of ketones is 1. The van der Waals surface area contributed by atoms with Crippen molar-refractivity contribution in [2.75, 3.05) is 13.7 Å². The molecule has 0 aliphatic heterocycles. The fourth-order valence-electron chi connectivity index (χ4n) is 2.34. The molecule has 0 aromatic heterocycles. The van der Waals surface area contributed by atoms with E-state index >= 15 is 0 Å². The summed E-state index contributed by atoms with van der Waals surface area (Å²) < 4.78 is 5.28. The lowest BCUT2D eigenvalue weighted by Gasteiger charge is -2.13. The number of fused-ring (bicyclic) bond motifs is 1. The van der Waals surface area contributed by atoms with Gasteiger partial charge in [0.25, 0.3) is 0 Å². The number of rotatable bonds is 4. The van der Waals surface area contributed by atoms with Crippen LogP contribution in [0.15, 0.2) is 6.07 Å². The van der Waals surface area contributed by atoms with Crippen molar-refractivity contribution >= 4 is 17.4 Å². The Labute approximate surface area is 106 Å². The van der Waals surface area contributed by atoms with E-state index in [0.29, 0.717) is 29.3 Å². The number of halogens is 1. The van der Waals surface area contributed by atoms with Crippen LogP contribution in [0, 0.1) is 0 Å². The number of ether oxygens (including phenoxy) is 1. The van der Waals surface area contributed by atoms with Crippen molar-refractivity contribution in [1.29, 1.82) is 0 Å². The first kappa shape index (κ1) is 12.4. The van der Waals surface area contributed by atoms with Crippen LogP contribution in [0.1, 0.15) is 34.3 Å². The van der Waals surface area contributed by atoms with Crippen molar-refractivity contribution in [3.63, 3.8) is 0 Å². The van der Waals surface area contributed by atoms with Crippen LogP contribution in [0.3, 0.4) is 0 Å². The van der Waals surface area contributed by atoms with Crippen LogP contribution in [0.5, 0.6) is 5.75 Å². The molecule has 1 aromatic rings. The summed E-state index contributed by atoms with van der Waals surface area (Å²) in [5.74, 6) is 0.506. The molecule has 1 aliphatic rings. The number of aryl methyl sites for hydroxylation is 1. The van der Waals surface area contributed by atoms with Crippen LogP contribution >= 0.6 is 11.6 Å². The molecular weight excluding hydrogens is 238 g/mol. The van der Waals surface area contributed by atoms with Crippen molar-refractivity contribution in [1.82, 2.24) is 0 Å². The van der Waals surface area contributed by atoms with E-state index in [4.69, 9.17) is 22.1 Å². The average molecular weight is 254 g/mol. The molecule has 0 unspecified atom stereocenters. The predicted octanol–water partition coefficient (Wildman–Crippen LogP) is 2.37. The second-order valence-corrected chi connectivity index (χ2v) is 4.60. The van der Waals surface area contributed by atoms with Gasteiger partial charge < -0.3 is 10.5 Å². The molecule has 0 fully saturated rings. The third-order valence-corrected chi connectivity index (χ3v) is 3.56. The molecule has 3 nitrogen and oxygen atoms in total. The molecule has 2 rings (SSSR count). The smallest absolute Gasteiger partial charge is 0.167 e. The SMILES string of the molecule is COc1c(C(=O)CCN)cc2c(c1Cl)CCC2. The molecule has 1 aliphatic carbocycles. The number of benzene rings is 1. The highest BCUT2D eigenvalue weighted by Gasteiger charge is 2.23. The minimum absolute atomic E-state index is 0.000880. The summed E-state index contributed by atoms with van der Waals surface area (Å²) in [5, 5.41) is 0.600. The lowest BCUT2D eigenvalue weighted by Crippen LogP contribution is -2.10. The van der Waals surface area contributed by atoms with Gasteiger partial charge in [0.1, 0.15) is 5.75 Å². The summed E-state index contributed by atoms with van der Waals surface area (Å²) in [6.07, 6.45) is 3.37. The second-order valence-electron chi connectivity index (χ2n) is 4.22. The molecule has 2 N–H and O–H groups in total. The molecule has 0 heterocycles. The third kappa shape index (κ3) is 2.17. The summed E-state index contributed by atoms with van der Waals surface area (Å²) >= 11 is 6.30. The Morgan fingerprint density at radius 1 is 1.53 bits per heavy atom. The summed E-state index contributed by atoms with van der Waals surface area (Å²) in [5.41, 5.74) is 8.30. The van der Waals surface area contributed by atoms with E-state index in [1.54, 1.807) is 7.11 Å². The standard InChI is InChI=1S/C13H16ClNO2/c1-17-13-10(11(16)5-6-15)7-8-3-2-4-9(8)12(13)14/h7H,2-6,15H2,1H3. The van der Waals surface area contributed by atoms with Crippen LogP contribution in [-0.2, 0) is 12.8 Å². The zero-order valence-corrected chi connectivity index (χ0v) is 10.6. The van der Waals surface area contributed by atoms with E-state index in [9.17, 15) is 4.79 Å². The maximum atomic E-state index is 12.0. The van der Waals surface area contributed by atoms with Gasteiger partial charge in [-0.3, -0.25) is 4.79 Å². The van der Waals surface area contributed by atoms with Gasteiger partial charge in [-0.05, 0) is 43.0 Å². The van der Waals surface area contributed by atoms with Crippen molar-refractivity contribution in [3.8, 4) is 5.75 Å². The van der Waals surface area contributed by atoms with Gasteiger partial charge in [0.2, 0.25) is 0 Å². The van der Waals surface area contributed by atoms with Crippen LogP contribution in [0.2, 0.25) is 5.02 Å². The molecular formula is C13H16ClNO2. The normalized spacial score (nSPS) is 13.6. The van der Waals surface area contributed by atoms with Gasteiger partial charge in [-0.25, -0.2) is 0 Å². The highest BCUT2D eigenvalue weighted by Crippen LogP contribution is 2.39. The third-order valence-electron chi connectivity index (χ3n) is 3.16. The molecule has 92 valence electrons. The molecule has 0 radical (unpaired) electrons.